The Balaban J connectivity index is 2.56. The van der Waals surface area contributed by atoms with Gasteiger partial charge in [-0.3, -0.25) is 0 Å². The highest BCUT2D eigenvalue weighted by Crippen LogP contribution is 2.30. The van der Waals surface area contributed by atoms with Crippen molar-refractivity contribution in [2.24, 2.45) is 12.8 Å². The minimum absolute atomic E-state index is 0.616. The third-order valence-electron chi connectivity index (χ3n) is 2.91. The van der Waals surface area contributed by atoms with Gasteiger partial charge in [0.05, 0.1) is 5.69 Å². The minimum atomic E-state index is 0.616. The Morgan fingerprint density at radius 1 is 1.35 bits per heavy atom. The Morgan fingerprint density at radius 2 is 2.06 bits per heavy atom. The van der Waals surface area contributed by atoms with Gasteiger partial charge >= 0.3 is 0 Å². The summed E-state index contributed by atoms with van der Waals surface area (Å²) in [5.41, 5.74) is 9.16. The van der Waals surface area contributed by atoms with E-state index in [1.807, 2.05) is 19.2 Å². The van der Waals surface area contributed by atoms with E-state index in [1.165, 1.54) is 11.1 Å². The molecule has 2 N–H and O–H groups in total. The summed E-state index contributed by atoms with van der Waals surface area (Å²) >= 11 is 3.54. The van der Waals surface area contributed by atoms with Gasteiger partial charge in [0, 0.05) is 19.0 Å². The van der Waals surface area contributed by atoms with E-state index < -0.39 is 0 Å². The van der Waals surface area contributed by atoms with Crippen LogP contribution in [-0.2, 0) is 13.5 Å². The number of benzene rings is 1. The molecule has 0 bridgehead atoms. The third-order valence-corrected chi connectivity index (χ3v) is 3.47. The van der Waals surface area contributed by atoms with Gasteiger partial charge in [-0.15, -0.1) is 0 Å². The number of hydrogen-bond donors (Lipinski definition) is 1. The highest BCUT2D eigenvalue weighted by Gasteiger charge is 2.15. The van der Waals surface area contributed by atoms with Crippen molar-refractivity contribution in [1.82, 2.24) is 9.55 Å². The van der Waals surface area contributed by atoms with Crippen molar-refractivity contribution in [3.63, 3.8) is 0 Å². The number of hydrogen-bond acceptors (Lipinski definition) is 2. The maximum absolute atomic E-state index is 5.59. The number of rotatable bonds is 3. The number of imidazole rings is 1. The second kappa shape index (κ2) is 5.02. The lowest BCUT2D eigenvalue weighted by Gasteiger charge is -2.08. The fraction of sp³-hybridized carbons (Fsp3) is 0.308. The van der Waals surface area contributed by atoms with Crippen LogP contribution < -0.4 is 5.73 Å². The van der Waals surface area contributed by atoms with Gasteiger partial charge in [0.15, 0.2) is 0 Å². The van der Waals surface area contributed by atoms with Gasteiger partial charge in [-0.1, -0.05) is 24.3 Å². The van der Waals surface area contributed by atoms with E-state index in [4.69, 9.17) is 5.73 Å². The predicted molar refractivity (Wildman–Crippen MR) is 73.8 cm³/mol. The number of halogens is 1. The first kappa shape index (κ1) is 12.3. The molecule has 0 atom stereocenters. The molecule has 0 saturated carbocycles. The van der Waals surface area contributed by atoms with Crippen molar-refractivity contribution in [2.75, 3.05) is 6.54 Å². The van der Waals surface area contributed by atoms with E-state index >= 15 is 0 Å². The molecule has 0 spiro atoms. The van der Waals surface area contributed by atoms with E-state index in [0.29, 0.717) is 6.54 Å². The SMILES string of the molecule is Cc1ccccc1-c1c(Br)nc(CCN)n1C. The summed E-state index contributed by atoms with van der Waals surface area (Å²) in [4.78, 5) is 4.52. The maximum Gasteiger partial charge on any atom is 0.132 e. The Kier molecular flexibility index (Phi) is 3.64. The highest BCUT2D eigenvalue weighted by atomic mass is 79.9. The zero-order chi connectivity index (χ0) is 12.4. The topological polar surface area (TPSA) is 43.8 Å². The summed E-state index contributed by atoms with van der Waals surface area (Å²) in [7, 11) is 2.03. The van der Waals surface area contributed by atoms with Crippen LogP contribution in [0.2, 0.25) is 0 Å². The van der Waals surface area contributed by atoms with Crippen LogP contribution in [0.3, 0.4) is 0 Å². The molecule has 2 aromatic rings. The van der Waals surface area contributed by atoms with Crippen LogP contribution in [0.25, 0.3) is 11.3 Å². The van der Waals surface area contributed by atoms with E-state index in [1.54, 1.807) is 0 Å². The molecule has 0 saturated heterocycles. The molecule has 0 radical (unpaired) electrons. The molecule has 1 heterocycles. The average molecular weight is 294 g/mol. The molecule has 1 aromatic heterocycles. The van der Waals surface area contributed by atoms with Gasteiger partial charge in [0.25, 0.3) is 0 Å². The van der Waals surface area contributed by atoms with Crippen LogP contribution in [0.5, 0.6) is 0 Å². The minimum Gasteiger partial charge on any atom is -0.330 e. The summed E-state index contributed by atoms with van der Waals surface area (Å²) in [6.45, 7) is 2.72. The van der Waals surface area contributed by atoms with Crippen LogP contribution >= 0.6 is 15.9 Å². The van der Waals surface area contributed by atoms with E-state index in [0.717, 1.165) is 22.5 Å². The summed E-state index contributed by atoms with van der Waals surface area (Å²) < 4.78 is 3.00. The number of nitrogens with two attached hydrogens (primary N) is 1. The molecule has 0 aliphatic carbocycles. The van der Waals surface area contributed by atoms with Gasteiger partial charge in [-0.05, 0) is 35.0 Å². The Labute approximate surface area is 110 Å². The lowest BCUT2D eigenvalue weighted by Crippen LogP contribution is -2.08. The molecule has 90 valence electrons. The first-order valence-corrected chi connectivity index (χ1v) is 6.41. The first-order chi connectivity index (χ1) is 8.15. The zero-order valence-electron chi connectivity index (χ0n) is 10.1. The fourth-order valence-corrected chi connectivity index (χ4v) is 2.68. The quantitative estimate of drug-likeness (QED) is 0.945. The van der Waals surface area contributed by atoms with Crippen LogP contribution in [0.15, 0.2) is 28.9 Å². The molecule has 0 unspecified atom stereocenters. The van der Waals surface area contributed by atoms with Gasteiger partial charge in [0.2, 0.25) is 0 Å². The molecule has 1 aromatic carbocycles. The third kappa shape index (κ3) is 2.28. The molecule has 0 aliphatic rings. The fourth-order valence-electron chi connectivity index (χ4n) is 1.99. The van der Waals surface area contributed by atoms with E-state index in [9.17, 15) is 0 Å². The van der Waals surface area contributed by atoms with Crippen molar-refractivity contribution in [3.8, 4) is 11.3 Å². The molecule has 0 amide bonds. The van der Waals surface area contributed by atoms with Crippen LogP contribution in [-0.4, -0.2) is 16.1 Å². The molecular formula is C13H16BrN3. The molecule has 2 rings (SSSR count). The van der Waals surface area contributed by atoms with Gasteiger partial charge in [-0.2, -0.15) is 0 Å². The largest absolute Gasteiger partial charge is 0.330 e. The number of aromatic nitrogens is 2. The molecular weight excluding hydrogens is 278 g/mol. The highest BCUT2D eigenvalue weighted by molar-refractivity contribution is 9.10. The van der Waals surface area contributed by atoms with Crippen molar-refractivity contribution in [3.05, 3.63) is 40.3 Å². The van der Waals surface area contributed by atoms with Crippen molar-refractivity contribution >= 4 is 15.9 Å². The van der Waals surface area contributed by atoms with Crippen LogP contribution in [0, 0.1) is 6.92 Å². The first-order valence-electron chi connectivity index (χ1n) is 5.62. The summed E-state index contributed by atoms with van der Waals surface area (Å²) in [5.74, 6) is 1.01. The summed E-state index contributed by atoms with van der Waals surface area (Å²) in [6.07, 6.45) is 0.793. The number of nitrogens with zero attached hydrogens (tertiary/aromatic N) is 2. The van der Waals surface area contributed by atoms with E-state index in [2.05, 4.69) is 44.5 Å². The summed E-state index contributed by atoms with van der Waals surface area (Å²) in [6, 6.07) is 8.31. The standard InChI is InChI=1S/C13H16BrN3/c1-9-5-3-4-6-10(9)12-13(14)16-11(7-8-15)17(12)2/h3-6H,7-8,15H2,1-2H3. The molecule has 0 fully saturated rings. The normalized spacial score (nSPS) is 10.8. The molecule has 0 aliphatic heterocycles. The second-order valence-electron chi connectivity index (χ2n) is 4.08. The van der Waals surface area contributed by atoms with Crippen molar-refractivity contribution < 1.29 is 0 Å². The lowest BCUT2D eigenvalue weighted by atomic mass is 10.1. The van der Waals surface area contributed by atoms with Gasteiger partial charge in [-0.25, -0.2) is 4.98 Å². The smallest absolute Gasteiger partial charge is 0.132 e. The molecule has 17 heavy (non-hydrogen) atoms. The molecule has 4 heteroatoms. The zero-order valence-corrected chi connectivity index (χ0v) is 11.7. The van der Waals surface area contributed by atoms with Gasteiger partial charge in [0.1, 0.15) is 10.4 Å². The predicted octanol–water partition coefficient (Wildman–Crippen LogP) is 2.66. The maximum atomic E-state index is 5.59. The lowest BCUT2D eigenvalue weighted by molar-refractivity contribution is 0.781. The van der Waals surface area contributed by atoms with Crippen LogP contribution in [0.4, 0.5) is 0 Å². The van der Waals surface area contributed by atoms with E-state index in [-0.39, 0.29) is 0 Å². The average Bonchev–Trinajstić information content (AvgIpc) is 2.57. The second-order valence-corrected chi connectivity index (χ2v) is 4.83. The Bertz CT molecular complexity index is 531. The van der Waals surface area contributed by atoms with Crippen LogP contribution in [0.1, 0.15) is 11.4 Å². The van der Waals surface area contributed by atoms with Crippen molar-refractivity contribution in [1.29, 1.82) is 0 Å². The Morgan fingerprint density at radius 3 is 2.71 bits per heavy atom. The van der Waals surface area contributed by atoms with Gasteiger partial charge < -0.3 is 10.3 Å². The molecule has 3 nitrogen and oxygen atoms in total. The summed E-state index contributed by atoms with van der Waals surface area (Å²) in [5, 5.41) is 0. The Hall–Kier alpha value is -1.13. The monoisotopic (exact) mass is 293 g/mol. The number of aryl methyl sites for hydroxylation is 1. The van der Waals surface area contributed by atoms with Crippen molar-refractivity contribution in [2.45, 2.75) is 13.3 Å².